The molecule has 0 radical (unpaired) electrons. The predicted octanol–water partition coefficient (Wildman–Crippen LogP) is 5.51. The maximum Gasteiger partial charge on any atom is 0.152 e. The second-order valence-corrected chi connectivity index (χ2v) is 6.53. The van der Waals surface area contributed by atoms with Gasteiger partial charge >= 0.3 is 0 Å². The van der Waals surface area contributed by atoms with Gasteiger partial charge in [-0.2, -0.15) is 0 Å². The zero-order chi connectivity index (χ0) is 18.6. The van der Waals surface area contributed by atoms with Crippen LogP contribution >= 0.6 is 0 Å². The first-order valence-corrected chi connectivity index (χ1v) is 9.09. The molecule has 0 fully saturated rings. The first-order chi connectivity index (χ1) is 13.3. The Morgan fingerprint density at radius 3 is 2.44 bits per heavy atom. The van der Waals surface area contributed by atoms with Crippen molar-refractivity contribution in [2.24, 2.45) is 0 Å². The van der Waals surface area contributed by atoms with Crippen LogP contribution in [0.1, 0.15) is 16.1 Å². The highest BCUT2D eigenvalue weighted by molar-refractivity contribution is 5.99. The summed E-state index contributed by atoms with van der Waals surface area (Å²) in [5.41, 5.74) is 5.12. The van der Waals surface area contributed by atoms with Gasteiger partial charge in [0.25, 0.3) is 0 Å². The Balaban J connectivity index is 1.52. The van der Waals surface area contributed by atoms with Crippen LogP contribution in [0.5, 0.6) is 5.75 Å². The van der Waals surface area contributed by atoms with E-state index in [9.17, 15) is 4.79 Å². The Labute approximate surface area is 158 Å². The molecule has 3 aromatic carbocycles. The standard InChI is InChI=1S/C24H21NO2/c1-18-23(17-26)22-12-5-6-13-24(22)25(18)14-15-27-21-11-7-10-20(16-21)19-8-3-2-4-9-19/h2-13,16-17H,14-15H2,1H3. The van der Waals surface area contributed by atoms with Crippen LogP contribution in [0, 0.1) is 6.92 Å². The van der Waals surface area contributed by atoms with E-state index in [1.165, 1.54) is 5.56 Å². The number of aldehydes is 1. The summed E-state index contributed by atoms with van der Waals surface area (Å²) in [4.78, 5) is 11.5. The number of hydrogen-bond donors (Lipinski definition) is 0. The normalized spacial score (nSPS) is 10.9. The highest BCUT2D eigenvalue weighted by Crippen LogP contribution is 2.26. The van der Waals surface area contributed by atoms with Gasteiger partial charge in [-0.25, -0.2) is 0 Å². The van der Waals surface area contributed by atoms with E-state index in [-0.39, 0.29) is 0 Å². The number of fused-ring (bicyclic) bond motifs is 1. The van der Waals surface area contributed by atoms with Gasteiger partial charge in [0, 0.05) is 22.2 Å². The quantitative estimate of drug-likeness (QED) is 0.427. The highest BCUT2D eigenvalue weighted by Gasteiger charge is 2.12. The summed E-state index contributed by atoms with van der Waals surface area (Å²) in [6.45, 7) is 3.21. The second kappa shape index (κ2) is 7.50. The monoisotopic (exact) mass is 355 g/mol. The molecule has 134 valence electrons. The molecule has 1 heterocycles. The maximum atomic E-state index is 11.5. The van der Waals surface area contributed by atoms with Crippen molar-refractivity contribution in [2.75, 3.05) is 6.61 Å². The Bertz CT molecular complexity index is 1080. The lowest BCUT2D eigenvalue weighted by molar-refractivity contribution is 0.112. The molecule has 0 unspecified atom stereocenters. The smallest absolute Gasteiger partial charge is 0.152 e. The highest BCUT2D eigenvalue weighted by atomic mass is 16.5. The third-order valence-electron chi connectivity index (χ3n) is 4.92. The summed E-state index contributed by atoms with van der Waals surface area (Å²) in [5.74, 6) is 0.848. The Kier molecular flexibility index (Phi) is 4.75. The number of aromatic nitrogens is 1. The van der Waals surface area contributed by atoms with Crippen LogP contribution in [0.3, 0.4) is 0 Å². The number of ether oxygens (including phenoxy) is 1. The lowest BCUT2D eigenvalue weighted by Crippen LogP contribution is -2.09. The van der Waals surface area contributed by atoms with Crippen molar-refractivity contribution >= 4 is 17.2 Å². The van der Waals surface area contributed by atoms with E-state index in [0.29, 0.717) is 13.2 Å². The largest absolute Gasteiger partial charge is 0.492 e. The van der Waals surface area contributed by atoms with Crippen molar-refractivity contribution in [2.45, 2.75) is 13.5 Å². The average molecular weight is 355 g/mol. The maximum absolute atomic E-state index is 11.5. The minimum Gasteiger partial charge on any atom is -0.492 e. The topological polar surface area (TPSA) is 31.2 Å². The number of rotatable bonds is 6. The van der Waals surface area contributed by atoms with Gasteiger partial charge in [0.05, 0.1) is 6.54 Å². The minimum absolute atomic E-state index is 0.538. The average Bonchev–Trinajstić information content (AvgIpc) is 3.00. The molecule has 27 heavy (non-hydrogen) atoms. The fraction of sp³-hybridized carbons (Fsp3) is 0.125. The summed E-state index contributed by atoms with van der Waals surface area (Å²) in [6, 6.07) is 26.4. The van der Waals surface area contributed by atoms with E-state index in [0.717, 1.165) is 39.8 Å². The van der Waals surface area contributed by atoms with Gasteiger partial charge in [-0.05, 0) is 36.2 Å². The van der Waals surface area contributed by atoms with Gasteiger partial charge in [0.1, 0.15) is 12.4 Å². The number of carbonyl (C=O) groups is 1. The molecule has 0 spiro atoms. The van der Waals surface area contributed by atoms with Gasteiger partial charge in [-0.1, -0.05) is 60.7 Å². The molecule has 0 N–H and O–H groups in total. The number of para-hydroxylation sites is 1. The van der Waals surface area contributed by atoms with Crippen LogP contribution in [0.4, 0.5) is 0 Å². The fourth-order valence-corrected chi connectivity index (χ4v) is 3.55. The van der Waals surface area contributed by atoms with E-state index in [4.69, 9.17) is 4.74 Å². The van der Waals surface area contributed by atoms with Gasteiger partial charge in [0.2, 0.25) is 0 Å². The fourth-order valence-electron chi connectivity index (χ4n) is 3.55. The Morgan fingerprint density at radius 1 is 0.889 bits per heavy atom. The van der Waals surface area contributed by atoms with E-state index < -0.39 is 0 Å². The van der Waals surface area contributed by atoms with Crippen LogP contribution in [-0.2, 0) is 6.54 Å². The molecule has 0 saturated carbocycles. The van der Waals surface area contributed by atoms with Crippen molar-refractivity contribution in [3.8, 4) is 16.9 Å². The molecule has 0 saturated heterocycles. The van der Waals surface area contributed by atoms with Gasteiger partial charge in [0.15, 0.2) is 6.29 Å². The molecular weight excluding hydrogens is 334 g/mol. The molecule has 0 amide bonds. The zero-order valence-corrected chi connectivity index (χ0v) is 15.3. The number of nitrogens with zero attached hydrogens (tertiary/aromatic N) is 1. The van der Waals surface area contributed by atoms with Crippen molar-refractivity contribution in [3.05, 3.63) is 90.1 Å². The van der Waals surface area contributed by atoms with E-state index >= 15 is 0 Å². The molecule has 4 rings (SSSR count). The molecule has 3 nitrogen and oxygen atoms in total. The number of hydrogen-bond acceptors (Lipinski definition) is 2. The van der Waals surface area contributed by atoms with Crippen molar-refractivity contribution in [1.82, 2.24) is 4.57 Å². The summed E-state index contributed by atoms with van der Waals surface area (Å²) in [6.07, 6.45) is 0.943. The first-order valence-electron chi connectivity index (χ1n) is 9.09. The molecule has 3 heteroatoms. The van der Waals surface area contributed by atoms with Gasteiger partial charge in [-0.15, -0.1) is 0 Å². The summed E-state index contributed by atoms with van der Waals surface area (Å²) < 4.78 is 8.16. The van der Waals surface area contributed by atoms with Crippen LogP contribution in [0.2, 0.25) is 0 Å². The Hall–Kier alpha value is -3.33. The second-order valence-electron chi connectivity index (χ2n) is 6.53. The van der Waals surface area contributed by atoms with Crippen LogP contribution in [0.25, 0.3) is 22.0 Å². The van der Waals surface area contributed by atoms with Crippen molar-refractivity contribution in [3.63, 3.8) is 0 Å². The third-order valence-corrected chi connectivity index (χ3v) is 4.92. The molecule has 0 atom stereocenters. The first kappa shape index (κ1) is 17.1. The molecule has 0 bridgehead atoms. The SMILES string of the molecule is Cc1c(C=O)c2ccccc2n1CCOc1cccc(-c2ccccc2)c1. The Morgan fingerprint density at radius 2 is 1.63 bits per heavy atom. The summed E-state index contributed by atoms with van der Waals surface area (Å²) in [7, 11) is 0. The van der Waals surface area contributed by atoms with E-state index in [1.807, 2.05) is 61.5 Å². The lowest BCUT2D eigenvalue weighted by Gasteiger charge is -2.11. The summed E-state index contributed by atoms with van der Waals surface area (Å²) >= 11 is 0. The number of benzene rings is 3. The van der Waals surface area contributed by atoms with Crippen LogP contribution in [0.15, 0.2) is 78.9 Å². The van der Waals surface area contributed by atoms with Gasteiger partial charge in [-0.3, -0.25) is 4.79 Å². The van der Waals surface area contributed by atoms with Crippen LogP contribution < -0.4 is 4.74 Å². The zero-order valence-electron chi connectivity index (χ0n) is 15.3. The van der Waals surface area contributed by atoms with Crippen molar-refractivity contribution in [1.29, 1.82) is 0 Å². The molecule has 0 aliphatic carbocycles. The third kappa shape index (κ3) is 3.36. The molecule has 0 aliphatic rings. The molecule has 1 aromatic heterocycles. The van der Waals surface area contributed by atoms with E-state index in [1.54, 1.807) is 0 Å². The van der Waals surface area contributed by atoms with E-state index in [2.05, 4.69) is 28.8 Å². The molecule has 4 aromatic rings. The lowest BCUT2D eigenvalue weighted by atomic mass is 10.1. The number of carbonyl (C=O) groups excluding carboxylic acids is 1. The van der Waals surface area contributed by atoms with Crippen molar-refractivity contribution < 1.29 is 9.53 Å². The van der Waals surface area contributed by atoms with Crippen LogP contribution in [-0.4, -0.2) is 17.5 Å². The summed E-state index contributed by atoms with van der Waals surface area (Å²) in [5, 5.41) is 0.996. The predicted molar refractivity (Wildman–Crippen MR) is 109 cm³/mol. The molecule has 0 aliphatic heterocycles. The minimum atomic E-state index is 0.538. The molecular formula is C24H21NO2. The van der Waals surface area contributed by atoms with Gasteiger partial charge < -0.3 is 9.30 Å².